The van der Waals surface area contributed by atoms with Crippen molar-refractivity contribution < 1.29 is 0 Å². The van der Waals surface area contributed by atoms with Gasteiger partial charge >= 0.3 is 0 Å². The average Bonchev–Trinajstić information content (AvgIpc) is 2.44. The lowest BCUT2D eigenvalue weighted by Gasteiger charge is -2.32. The van der Waals surface area contributed by atoms with Gasteiger partial charge in [0.2, 0.25) is 0 Å². The third-order valence-electron chi connectivity index (χ3n) is 4.04. The molecule has 1 saturated carbocycles. The van der Waals surface area contributed by atoms with Crippen molar-refractivity contribution in [3.63, 3.8) is 0 Å². The third kappa shape index (κ3) is 3.37. The van der Waals surface area contributed by atoms with Crippen LogP contribution >= 0.6 is 11.8 Å². The Morgan fingerprint density at radius 2 is 1.95 bits per heavy atom. The average molecular weight is 294 g/mol. The van der Waals surface area contributed by atoms with E-state index in [0.29, 0.717) is 23.0 Å². The number of nitrogens with one attached hydrogen (secondary N) is 1. The minimum atomic E-state index is 0.293. The number of hydrogen-bond donors (Lipinski definition) is 2. The van der Waals surface area contributed by atoms with Crippen molar-refractivity contribution in [1.29, 1.82) is 0 Å². The van der Waals surface area contributed by atoms with E-state index in [1.807, 2.05) is 18.7 Å². The Hall–Kier alpha value is -0.970. The molecule has 0 spiro atoms. The zero-order valence-electron chi connectivity index (χ0n) is 12.9. The summed E-state index contributed by atoms with van der Waals surface area (Å²) in [5.41, 5.74) is 7.01. The molecule has 1 fully saturated rings. The molecule has 0 aliphatic heterocycles. The van der Waals surface area contributed by atoms with Crippen LogP contribution in [0.2, 0.25) is 0 Å². The summed E-state index contributed by atoms with van der Waals surface area (Å²) in [6.45, 7) is 6.19. The van der Waals surface area contributed by atoms with Crippen molar-refractivity contribution in [2.45, 2.75) is 63.7 Å². The fraction of sp³-hybridized carbons (Fsp3) is 0.733. The fourth-order valence-electron chi connectivity index (χ4n) is 2.67. The van der Waals surface area contributed by atoms with Gasteiger partial charge in [0.25, 0.3) is 0 Å². The van der Waals surface area contributed by atoms with E-state index >= 15 is 0 Å². The Kier molecular flexibility index (Phi) is 5.13. The lowest BCUT2D eigenvalue weighted by atomic mass is 9.94. The number of nitrogen functional groups attached to an aromatic ring is 1. The van der Waals surface area contributed by atoms with Gasteiger partial charge in [-0.2, -0.15) is 11.8 Å². The monoisotopic (exact) mass is 294 g/mol. The standard InChI is InChI=1S/C15H26N4S/c1-9(2)14-18-13(16)10(3)15(19-14)17-11-7-5-6-8-12(11)20-4/h9,11-12H,5-8H2,1-4H3,(H3,16,17,18,19). The van der Waals surface area contributed by atoms with E-state index in [2.05, 4.69) is 35.4 Å². The highest BCUT2D eigenvalue weighted by Crippen LogP contribution is 2.30. The van der Waals surface area contributed by atoms with Crippen LogP contribution in [0.1, 0.15) is 56.8 Å². The number of thioether (sulfide) groups is 1. The van der Waals surface area contributed by atoms with Crippen LogP contribution in [-0.2, 0) is 0 Å². The molecule has 5 heteroatoms. The van der Waals surface area contributed by atoms with Crippen molar-refractivity contribution in [1.82, 2.24) is 9.97 Å². The smallest absolute Gasteiger partial charge is 0.135 e. The predicted octanol–water partition coefficient (Wildman–Crippen LogP) is 3.58. The molecule has 0 aromatic carbocycles. The fourth-order valence-corrected chi connectivity index (χ4v) is 3.61. The summed E-state index contributed by atoms with van der Waals surface area (Å²) in [5, 5.41) is 4.30. The Bertz CT molecular complexity index is 461. The summed E-state index contributed by atoms with van der Waals surface area (Å²) < 4.78 is 0. The topological polar surface area (TPSA) is 63.8 Å². The molecular formula is C15H26N4S. The molecule has 0 bridgehead atoms. The van der Waals surface area contributed by atoms with E-state index in [4.69, 9.17) is 5.73 Å². The van der Waals surface area contributed by atoms with Crippen molar-refractivity contribution in [2.75, 3.05) is 17.3 Å². The molecule has 2 unspecified atom stereocenters. The van der Waals surface area contributed by atoms with E-state index in [-0.39, 0.29) is 0 Å². The van der Waals surface area contributed by atoms with Crippen LogP contribution in [0.15, 0.2) is 0 Å². The van der Waals surface area contributed by atoms with Crippen LogP contribution < -0.4 is 11.1 Å². The van der Waals surface area contributed by atoms with Gasteiger partial charge < -0.3 is 11.1 Å². The molecule has 0 radical (unpaired) electrons. The molecule has 4 nitrogen and oxygen atoms in total. The van der Waals surface area contributed by atoms with Crippen molar-refractivity contribution in [3.05, 3.63) is 11.4 Å². The predicted molar refractivity (Wildman–Crippen MR) is 88.5 cm³/mol. The summed E-state index contributed by atoms with van der Waals surface area (Å²) in [6, 6.07) is 0.492. The van der Waals surface area contributed by atoms with Crippen LogP contribution in [0.5, 0.6) is 0 Å². The molecule has 1 aliphatic carbocycles. The molecule has 1 heterocycles. The van der Waals surface area contributed by atoms with E-state index in [1.54, 1.807) is 0 Å². The highest BCUT2D eigenvalue weighted by atomic mass is 32.2. The Morgan fingerprint density at radius 3 is 2.60 bits per heavy atom. The molecule has 20 heavy (non-hydrogen) atoms. The lowest BCUT2D eigenvalue weighted by molar-refractivity contribution is 0.473. The van der Waals surface area contributed by atoms with Crippen LogP contribution in [0.3, 0.4) is 0 Å². The van der Waals surface area contributed by atoms with Gasteiger partial charge in [-0.05, 0) is 26.0 Å². The summed E-state index contributed by atoms with van der Waals surface area (Å²) >= 11 is 1.96. The summed E-state index contributed by atoms with van der Waals surface area (Å²) in [5.74, 6) is 2.64. The minimum Gasteiger partial charge on any atom is -0.383 e. The Morgan fingerprint density at radius 1 is 1.25 bits per heavy atom. The van der Waals surface area contributed by atoms with Gasteiger partial charge in [-0.15, -0.1) is 0 Å². The van der Waals surface area contributed by atoms with E-state index in [1.165, 1.54) is 25.7 Å². The van der Waals surface area contributed by atoms with Gasteiger partial charge in [0, 0.05) is 22.8 Å². The molecule has 1 aliphatic rings. The van der Waals surface area contributed by atoms with E-state index in [0.717, 1.165) is 17.2 Å². The van der Waals surface area contributed by atoms with Crippen molar-refractivity contribution >= 4 is 23.4 Å². The van der Waals surface area contributed by atoms with Gasteiger partial charge in [-0.25, -0.2) is 9.97 Å². The van der Waals surface area contributed by atoms with E-state index < -0.39 is 0 Å². The second-order valence-corrected chi connectivity index (χ2v) is 6.98. The zero-order valence-corrected chi connectivity index (χ0v) is 13.8. The molecular weight excluding hydrogens is 268 g/mol. The van der Waals surface area contributed by atoms with Crippen LogP contribution in [0, 0.1) is 6.92 Å². The van der Waals surface area contributed by atoms with Crippen molar-refractivity contribution in [3.8, 4) is 0 Å². The molecule has 0 saturated heterocycles. The maximum Gasteiger partial charge on any atom is 0.135 e. The second-order valence-electron chi connectivity index (χ2n) is 5.90. The normalized spacial score (nSPS) is 23.1. The maximum absolute atomic E-state index is 6.04. The number of hydrogen-bond acceptors (Lipinski definition) is 5. The number of nitrogens with two attached hydrogens (primary N) is 1. The van der Waals surface area contributed by atoms with Gasteiger partial charge in [0.1, 0.15) is 17.5 Å². The number of nitrogens with zero attached hydrogens (tertiary/aromatic N) is 2. The first-order chi connectivity index (χ1) is 9.52. The largest absolute Gasteiger partial charge is 0.383 e. The lowest BCUT2D eigenvalue weighted by Crippen LogP contribution is -2.35. The SMILES string of the molecule is CSC1CCCCC1Nc1nc(C(C)C)nc(N)c1C. The molecule has 112 valence electrons. The molecule has 2 rings (SSSR count). The first-order valence-electron chi connectivity index (χ1n) is 7.46. The van der Waals surface area contributed by atoms with Crippen LogP contribution in [0.25, 0.3) is 0 Å². The number of aromatic nitrogens is 2. The van der Waals surface area contributed by atoms with Crippen LogP contribution in [-0.4, -0.2) is 27.5 Å². The minimum absolute atomic E-state index is 0.293. The maximum atomic E-state index is 6.04. The second kappa shape index (κ2) is 6.66. The highest BCUT2D eigenvalue weighted by molar-refractivity contribution is 7.99. The van der Waals surface area contributed by atoms with Gasteiger partial charge in [-0.1, -0.05) is 26.7 Å². The highest BCUT2D eigenvalue weighted by Gasteiger charge is 2.25. The molecule has 1 aromatic rings. The zero-order chi connectivity index (χ0) is 14.7. The van der Waals surface area contributed by atoms with Gasteiger partial charge in [0.05, 0.1) is 0 Å². The Labute approximate surface area is 126 Å². The van der Waals surface area contributed by atoms with Gasteiger partial charge in [0.15, 0.2) is 0 Å². The summed E-state index contributed by atoms with van der Waals surface area (Å²) in [7, 11) is 0. The van der Waals surface area contributed by atoms with Crippen molar-refractivity contribution in [2.24, 2.45) is 0 Å². The summed E-state index contributed by atoms with van der Waals surface area (Å²) in [4.78, 5) is 9.07. The molecule has 3 N–H and O–H groups in total. The number of anilines is 2. The van der Waals surface area contributed by atoms with E-state index in [9.17, 15) is 0 Å². The first kappa shape index (κ1) is 15.4. The quantitative estimate of drug-likeness (QED) is 0.888. The third-order valence-corrected chi connectivity index (χ3v) is 5.21. The first-order valence-corrected chi connectivity index (χ1v) is 8.75. The van der Waals surface area contributed by atoms with Crippen LogP contribution in [0.4, 0.5) is 11.6 Å². The molecule has 2 atom stereocenters. The Balaban J connectivity index is 2.23. The summed E-state index contributed by atoms with van der Waals surface area (Å²) in [6.07, 6.45) is 7.34. The van der Waals surface area contributed by atoms with Gasteiger partial charge in [-0.3, -0.25) is 0 Å². The molecule has 1 aromatic heterocycles. The number of rotatable bonds is 4. The molecule has 0 amide bonds.